The van der Waals surface area contributed by atoms with Crippen LogP contribution in [-0.2, 0) is 0 Å². The highest BCUT2D eigenvalue weighted by Crippen LogP contribution is 2.08. The van der Waals surface area contributed by atoms with Crippen molar-refractivity contribution in [2.75, 3.05) is 6.54 Å². The molecule has 0 spiro atoms. The van der Waals surface area contributed by atoms with Crippen molar-refractivity contribution in [1.82, 2.24) is 0 Å². The third-order valence-corrected chi connectivity index (χ3v) is 1.68. The fraction of sp³-hybridized carbons (Fsp3) is 1.00. The predicted molar refractivity (Wildman–Crippen MR) is 41.9 cm³/mol. The van der Waals surface area contributed by atoms with Gasteiger partial charge in [0.1, 0.15) is 0 Å². The number of hydrogen-bond donors (Lipinski definition) is 1. The second-order valence-corrected chi connectivity index (χ2v) is 2.85. The molecule has 0 rings (SSSR count). The van der Waals surface area contributed by atoms with Crippen molar-refractivity contribution in [3.63, 3.8) is 0 Å². The fourth-order valence-electron chi connectivity index (χ4n) is 0.937. The van der Waals surface area contributed by atoms with E-state index in [1.54, 1.807) is 6.92 Å². The highest BCUT2D eigenvalue weighted by Gasteiger charge is 2.17. The van der Waals surface area contributed by atoms with E-state index in [-0.39, 0.29) is 17.4 Å². The van der Waals surface area contributed by atoms with Crippen LogP contribution in [0, 0.1) is 16.0 Å². The Hall–Kier alpha value is -0.640. The number of nitro groups is 1. The molecule has 66 valence electrons. The van der Waals surface area contributed by atoms with Gasteiger partial charge in [-0.05, 0) is 6.42 Å². The molecule has 0 aliphatic carbocycles. The lowest BCUT2D eigenvalue weighted by Crippen LogP contribution is -2.24. The van der Waals surface area contributed by atoms with Crippen LogP contribution in [-0.4, -0.2) is 22.7 Å². The molecule has 0 heterocycles. The molecule has 0 aliphatic rings. The number of aliphatic hydroxyl groups excluding tert-OH is 1. The third-order valence-electron chi connectivity index (χ3n) is 1.68. The quantitative estimate of drug-likeness (QED) is 0.484. The molecule has 0 aromatic carbocycles. The molecule has 11 heavy (non-hydrogen) atoms. The first-order valence-electron chi connectivity index (χ1n) is 3.87. The minimum atomic E-state index is -0.523. The smallest absolute Gasteiger partial charge is 0.208 e. The molecule has 0 aliphatic heterocycles. The third kappa shape index (κ3) is 4.72. The van der Waals surface area contributed by atoms with Gasteiger partial charge >= 0.3 is 0 Å². The highest BCUT2D eigenvalue weighted by molar-refractivity contribution is 4.62. The van der Waals surface area contributed by atoms with Crippen LogP contribution in [0.2, 0.25) is 0 Å². The van der Waals surface area contributed by atoms with Gasteiger partial charge in [-0.1, -0.05) is 20.3 Å². The maximum absolute atomic E-state index is 10.0. The summed E-state index contributed by atoms with van der Waals surface area (Å²) in [7, 11) is 0. The van der Waals surface area contributed by atoms with Gasteiger partial charge in [0.05, 0.1) is 6.10 Å². The zero-order valence-corrected chi connectivity index (χ0v) is 6.99. The van der Waals surface area contributed by atoms with E-state index in [0.29, 0.717) is 6.42 Å². The maximum Gasteiger partial charge on any atom is 0.208 e. The summed E-state index contributed by atoms with van der Waals surface area (Å²) in [6.45, 7) is 3.51. The van der Waals surface area contributed by atoms with Crippen molar-refractivity contribution in [2.45, 2.75) is 32.8 Å². The first-order valence-corrected chi connectivity index (χ1v) is 3.87. The van der Waals surface area contributed by atoms with Gasteiger partial charge in [-0.25, -0.2) is 0 Å². The number of rotatable bonds is 5. The van der Waals surface area contributed by atoms with Gasteiger partial charge in [-0.15, -0.1) is 0 Å². The average molecular weight is 161 g/mol. The van der Waals surface area contributed by atoms with E-state index in [4.69, 9.17) is 0 Å². The molecule has 0 saturated carbocycles. The zero-order chi connectivity index (χ0) is 8.85. The van der Waals surface area contributed by atoms with Crippen molar-refractivity contribution in [2.24, 2.45) is 5.92 Å². The summed E-state index contributed by atoms with van der Waals surface area (Å²) in [6, 6.07) is 0. The Morgan fingerprint density at radius 3 is 2.55 bits per heavy atom. The molecule has 0 aromatic heterocycles. The van der Waals surface area contributed by atoms with Crippen LogP contribution < -0.4 is 0 Å². The summed E-state index contributed by atoms with van der Waals surface area (Å²) in [5.74, 6) is -0.232. The van der Waals surface area contributed by atoms with E-state index in [2.05, 4.69) is 0 Å². The van der Waals surface area contributed by atoms with Gasteiger partial charge in [-0.2, -0.15) is 0 Å². The molecule has 0 saturated heterocycles. The Bertz CT molecular complexity index is 127. The Kier molecular flexibility index (Phi) is 4.77. The van der Waals surface area contributed by atoms with Gasteiger partial charge < -0.3 is 5.11 Å². The van der Waals surface area contributed by atoms with Crippen molar-refractivity contribution >= 4 is 0 Å². The minimum Gasteiger partial charge on any atom is -0.393 e. The van der Waals surface area contributed by atoms with E-state index in [9.17, 15) is 15.2 Å². The fourth-order valence-corrected chi connectivity index (χ4v) is 0.937. The van der Waals surface area contributed by atoms with Crippen molar-refractivity contribution in [3.8, 4) is 0 Å². The summed E-state index contributed by atoms with van der Waals surface area (Å²) >= 11 is 0. The Morgan fingerprint density at radius 1 is 1.64 bits per heavy atom. The molecular formula is C7H15NO3. The van der Waals surface area contributed by atoms with Gasteiger partial charge in [0.2, 0.25) is 6.54 Å². The summed E-state index contributed by atoms with van der Waals surface area (Å²) in [6.07, 6.45) is 0.989. The van der Waals surface area contributed by atoms with Crippen LogP contribution in [0.3, 0.4) is 0 Å². The maximum atomic E-state index is 10.0. The first-order chi connectivity index (χ1) is 5.07. The molecule has 0 radical (unpaired) electrons. The molecule has 4 heteroatoms. The summed E-state index contributed by atoms with van der Waals surface area (Å²) < 4.78 is 0. The van der Waals surface area contributed by atoms with Crippen molar-refractivity contribution in [3.05, 3.63) is 10.1 Å². The summed E-state index contributed by atoms with van der Waals surface area (Å²) in [5.41, 5.74) is 0. The minimum absolute atomic E-state index is 0.138. The normalized spacial score (nSPS) is 15.9. The Labute approximate surface area is 66.4 Å². The van der Waals surface area contributed by atoms with Crippen LogP contribution in [0.5, 0.6) is 0 Å². The van der Waals surface area contributed by atoms with E-state index in [1.165, 1.54) is 0 Å². The molecular weight excluding hydrogens is 146 g/mol. The van der Waals surface area contributed by atoms with Crippen LogP contribution in [0.4, 0.5) is 0 Å². The van der Waals surface area contributed by atoms with Crippen LogP contribution >= 0.6 is 0 Å². The topological polar surface area (TPSA) is 63.4 Å². The molecule has 1 N–H and O–H groups in total. The van der Waals surface area contributed by atoms with Crippen LogP contribution in [0.1, 0.15) is 26.7 Å². The number of hydrogen-bond acceptors (Lipinski definition) is 3. The van der Waals surface area contributed by atoms with Gasteiger partial charge in [0.25, 0.3) is 0 Å². The van der Waals surface area contributed by atoms with E-state index in [1.807, 2.05) is 6.92 Å². The number of nitrogens with zero attached hydrogens (tertiary/aromatic N) is 1. The monoisotopic (exact) mass is 161 g/mol. The predicted octanol–water partition coefficient (Wildman–Crippen LogP) is 1.06. The number of aliphatic hydroxyl groups is 1. The average Bonchev–Trinajstić information content (AvgIpc) is 1.86. The summed E-state index contributed by atoms with van der Waals surface area (Å²) in [4.78, 5) is 9.63. The lowest BCUT2D eigenvalue weighted by molar-refractivity contribution is -0.489. The summed E-state index contributed by atoms with van der Waals surface area (Å²) in [5, 5.41) is 19.3. The lowest BCUT2D eigenvalue weighted by Gasteiger charge is -2.13. The largest absolute Gasteiger partial charge is 0.393 e. The molecule has 4 nitrogen and oxygen atoms in total. The second kappa shape index (κ2) is 5.07. The lowest BCUT2D eigenvalue weighted by atomic mass is 10.0. The standard InChI is InChI=1S/C7H15NO3/c1-3-4-7(9)6(2)5-8(10)11/h6-7,9H,3-5H2,1-2H3. The van der Waals surface area contributed by atoms with Gasteiger partial charge in [-0.3, -0.25) is 10.1 Å². The van der Waals surface area contributed by atoms with E-state index in [0.717, 1.165) is 6.42 Å². The Balaban J connectivity index is 3.63. The van der Waals surface area contributed by atoms with Crippen molar-refractivity contribution < 1.29 is 10.0 Å². The first kappa shape index (κ1) is 10.4. The highest BCUT2D eigenvalue weighted by atomic mass is 16.6. The molecule has 0 aromatic rings. The molecule has 2 unspecified atom stereocenters. The molecule has 0 bridgehead atoms. The van der Waals surface area contributed by atoms with Gasteiger partial charge in [0, 0.05) is 10.8 Å². The van der Waals surface area contributed by atoms with E-state index >= 15 is 0 Å². The van der Waals surface area contributed by atoms with Crippen molar-refractivity contribution in [1.29, 1.82) is 0 Å². The molecule has 0 fully saturated rings. The van der Waals surface area contributed by atoms with Gasteiger partial charge in [0.15, 0.2) is 0 Å². The SMILES string of the molecule is CCCC(O)C(C)C[N+](=O)[O-]. The van der Waals surface area contributed by atoms with Crippen LogP contribution in [0.25, 0.3) is 0 Å². The zero-order valence-electron chi connectivity index (χ0n) is 6.99. The molecule has 0 amide bonds. The molecule has 2 atom stereocenters. The Morgan fingerprint density at radius 2 is 2.18 bits per heavy atom. The van der Waals surface area contributed by atoms with Crippen LogP contribution in [0.15, 0.2) is 0 Å². The van der Waals surface area contributed by atoms with E-state index < -0.39 is 6.10 Å². The second-order valence-electron chi connectivity index (χ2n) is 2.85.